The third kappa shape index (κ3) is 2.90. The molecule has 0 aliphatic carbocycles. The van der Waals surface area contributed by atoms with E-state index in [1.54, 1.807) is 11.3 Å². The van der Waals surface area contributed by atoms with Gasteiger partial charge < -0.3 is 10.2 Å². The quantitative estimate of drug-likeness (QED) is 0.903. The number of piperazine rings is 1. The smallest absolute Gasteiger partial charge is 0.265 e. The van der Waals surface area contributed by atoms with Gasteiger partial charge in [-0.25, -0.2) is 4.98 Å². The highest BCUT2D eigenvalue weighted by Gasteiger charge is 2.23. The van der Waals surface area contributed by atoms with Gasteiger partial charge in [-0.15, -0.1) is 11.3 Å². The molecule has 1 aliphatic heterocycles. The van der Waals surface area contributed by atoms with Crippen LogP contribution in [0.5, 0.6) is 0 Å². The third-order valence-corrected chi connectivity index (χ3v) is 4.36. The molecule has 4 nitrogen and oxygen atoms in total. The molecule has 0 atom stereocenters. The van der Waals surface area contributed by atoms with Crippen molar-refractivity contribution in [2.24, 2.45) is 0 Å². The number of rotatable bonds is 4. The molecule has 1 aromatic heterocycles. The summed E-state index contributed by atoms with van der Waals surface area (Å²) in [4.78, 5) is 19.9. The molecule has 100 valence electrons. The van der Waals surface area contributed by atoms with Crippen molar-refractivity contribution in [3.05, 3.63) is 15.6 Å². The molecule has 0 aromatic carbocycles. The minimum Gasteiger partial charge on any atom is -0.335 e. The SMILES string of the molecule is CCCc1nc(CC)sc1C(=O)N1CCNCC1. The molecule has 1 aromatic rings. The van der Waals surface area contributed by atoms with Crippen LogP contribution in [0.2, 0.25) is 0 Å². The molecule has 2 rings (SSSR count). The lowest BCUT2D eigenvalue weighted by Gasteiger charge is -2.27. The van der Waals surface area contributed by atoms with Crippen molar-refractivity contribution in [1.82, 2.24) is 15.2 Å². The van der Waals surface area contributed by atoms with Gasteiger partial charge in [-0.05, 0) is 12.8 Å². The van der Waals surface area contributed by atoms with Crippen molar-refractivity contribution >= 4 is 17.2 Å². The molecule has 5 heteroatoms. The van der Waals surface area contributed by atoms with Crippen molar-refractivity contribution in [2.75, 3.05) is 26.2 Å². The van der Waals surface area contributed by atoms with Crippen LogP contribution in [0, 0.1) is 0 Å². The zero-order valence-corrected chi connectivity index (χ0v) is 12.0. The molecule has 1 fully saturated rings. The Hall–Kier alpha value is -0.940. The van der Waals surface area contributed by atoms with Gasteiger partial charge in [0.05, 0.1) is 10.7 Å². The molecule has 0 unspecified atom stereocenters. The molecule has 18 heavy (non-hydrogen) atoms. The first kappa shape index (κ1) is 13.5. The van der Waals surface area contributed by atoms with E-state index >= 15 is 0 Å². The lowest BCUT2D eigenvalue weighted by Crippen LogP contribution is -2.46. The van der Waals surface area contributed by atoms with E-state index in [4.69, 9.17) is 0 Å². The topological polar surface area (TPSA) is 45.2 Å². The van der Waals surface area contributed by atoms with Gasteiger partial charge in [-0.3, -0.25) is 4.79 Å². The van der Waals surface area contributed by atoms with Gasteiger partial charge >= 0.3 is 0 Å². The van der Waals surface area contributed by atoms with E-state index in [0.29, 0.717) is 0 Å². The van der Waals surface area contributed by atoms with Crippen molar-refractivity contribution in [3.63, 3.8) is 0 Å². The highest BCUT2D eigenvalue weighted by Crippen LogP contribution is 2.22. The summed E-state index contributed by atoms with van der Waals surface area (Å²) in [6, 6.07) is 0. The normalized spacial score (nSPS) is 16.0. The second-order valence-corrected chi connectivity index (χ2v) is 5.61. The summed E-state index contributed by atoms with van der Waals surface area (Å²) < 4.78 is 0. The molecule has 0 saturated carbocycles. The Morgan fingerprint density at radius 3 is 2.72 bits per heavy atom. The van der Waals surface area contributed by atoms with Crippen LogP contribution in [-0.4, -0.2) is 42.0 Å². The molecule has 0 spiro atoms. The zero-order chi connectivity index (χ0) is 13.0. The Balaban J connectivity index is 2.19. The Labute approximate surface area is 112 Å². The zero-order valence-electron chi connectivity index (χ0n) is 11.2. The molecule has 0 bridgehead atoms. The molecular formula is C13H21N3OS. The second-order valence-electron chi connectivity index (χ2n) is 4.53. The summed E-state index contributed by atoms with van der Waals surface area (Å²) in [6.45, 7) is 7.63. The lowest BCUT2D eigenvalue weighted by atomic mass is 10.2. The number of carbonyl (C=O) groups is 1. The summed E-state index contributed by atoms with van der Waals surface area (Å²) in [6.07, 6.45) is 2.86. The van der Waals surface area contributed by atoms with E-state index < -0.39 is 0 Å². The minimum absolute atomic E-state index is 0.178. The van der Waals surface area contributed by atoms with Crippen LogP contribution in [-0.2, 0) is 12.8 Å². The van der Waals surface area contributed by atoms with Crippen molar-refractivity contribution in [2.45, 2.75) is 33.1 Å². The molecular weight excluding hydrogens is 246 g/mol. The average Bonchev–Trinajstić information content (AvgIpc) is 2.82. The molecule has 1 N–H and O–H groups in total. The molecule has 2 heterocycles. The number of carbonyl (C=O) groups excluding carboxylic acids is 1. The van der Waals surface area contributed by atoms with Gasteiger partial charge in [0.1, 0.15) is 4.88 Å². The number of aryl methyl sites for hydroxylation is 2. The highest BCUT2D eigenvalue weighted by molar-refractivity contribution is 7.13. The number of aromatic nitrogens is 1. The maximum Gasteiger partial charge on any atom is 0.265 e. The predicted molar refractivity (Wildman–Crippen MR) is 74.3 cm³/mol. The first-order chi connectivity index (χ1) is 8.76. The van der Waals surface area contributed by atoms with Crippen LogP contribution in [0.25, 0.3) is 0 Å². The summed E-state index contributed by atoms with van der Waals surface area (Å²) in [5.74, 6) is 0.178. The Kier molecular flexibility index (Phi) is 4.72. The van der Waals surface area contributed by atoms with Crippen LogP contribution < -0.4 is 5.32 Å². The number of nitrogens with one attached hydrogen (secondary N) is 1. The fourth-order valence-corrected chi connectivity index (χ4v) is 3.15. The standard InChI is InChI=1S/C13H21N3OS/c1-3-5-10-12(18-11(4-2)15-10)13(17)16-8-6-14-7-9-16/h14H,3-9H2,1-2H3. The molecule has 1 amide bonds. The predicted octanol–water partition coefficient (Wildman–Crippen LogP) is 1.70. The van der Waals surface area contributed by atoms with Crippen LogP contribution >= 0.6 is 11.3 Å². The van der Waals surface area contributed by atoms with E-state index in [1.165, 1.54) is 0 Å². The monoisotopic (exact) mass is 267 g/mol. The number of amides is 1. The number of thiazole rings is 1. The highest BCUT2D eigenvalue weighted by atomic mass is 32.1. The Morgan fingerprint density at radius 1 is 1.39 bits per heavy atom. The van der Waals surface area contributed by atoms with E-state index in [2.05, 4.69) is 24.1 Å². The van der Waals surface area contributed by atoms with E-state index in [1.807, 2.05) is 4.90 Å². The van der Waals surface area contributed by atoms with Crippen LogP contribution in [0.3, 0.4) is 0 Å². The van der Waals surface area contributed by atoms with Gasteiger partial charge in [-0.1, -0.05) is 20.3 Å². The van der Waals surface area contributed by atoms with Gasteiger partial charge in [0.25, 0.3) is 5.91 Å². The lowest BCUT2D eigenvalue weighted by molar-refractivity contribution is 0.0739. The van der Waals surface area contributed by atoms with Gasteiger partial charge in [0.15, 0.2) is 0 Å². The van der Waals surface area contributed by atoms with E-state index in [9.17, 15) is 4.79 Å². The fourth-order valence-electron chi connectivity index (χ4n) is 2.14. The molecule has 1 saturated heterocycles. The molecule has 0 radical (unpaired) electrons. The first-order valence-electron chi connectivity index (χ1n) is 6.74. The maximum absolute atomic E-state index is 12.5. The van der Waals surface area contributed by atoms with Gasteiger partial charge in [0, 0.05) is 26.2 Å². The van der Waals surface area contributed by atoms with E-state index in [0.717, 1.165) is 61.0 Å². The summed E-state index contributed by atoms with van der Waals surface area (Å²) in [5, 5.41) is 4.35. The van der Waals surface area contributed by atoms with Crippen LogP contribution in [0.4, 0.5) is 0 Å². The summed E-state index contributed by atoms with van der Waals surface area (Å²) >= 11 is 1.58. The largest absolute Gasteiger partial charge is 0.335 e. The third-order valence-electron chi connectivity index (χ3n) is 3.13. The summed E-state index contributed by atoms with van der Waals surface area (Å²) in [5.41, 5.74) is 1.00. The Morgan fingerprint density at radius 2 is 2.11 bits per heavy atom. The maximum atomic E-state index is 12.5. The van der Waals surface area contributed by atoms with Crippen molar-refractivity contribution in [1.29, 1.82) is 0 Å². The Bertz CT molecular complexity index is 410. The first-order valence-corrected chi connectivity index (χ1v) is 7.56. The number of hydrogen-bond donors (Lipinski definition) is 1. The van der Waals surface area contributed by atoms with Gasteiger partial charge in [-0.2, -0.15) is 0 Å². The van der Waals surface area contributed by atoms with Crippen molar-refractivity contribution < 1.29 is 4.79 Å². The number of hydrogen-bond acceptors (Lipinski definition) is 4. The molecule has 1 aliphatic rings. The van der Waals surface area contributed by atoms with Crippen LogP contribution in [0.15, 0.2) is 0 Å². The fraction of sp³-hybridized carbons (Fsp3) is 0.692. The van der Waals surface area contributed by atoms with Gasteiger partial charge in [0.2, 0.25) is 0 Å². The van der Waals surface area contributed by atoms with Crippen molar-refractivity contribution in [3.8, 4) is 0 Å². The van der Waals surface area contributed by atoms with Crippen LogP contribution in [0.1, 0.15) is 40.6 Å². The minimum atomic E-state index is 0.178. The second kappa shape index (κ2) is 6.29. The number of nitrogens with zero attached hydrogens (tertiary/aromatic N) is 2. The average molecular weight is 267 g/mol. The summed E-state index contributed by atoms with van der Waals surface area (Å²) in [7, 11) is 0. The van der Waals surface area contributed by atoms with E-state index in [-0.39, 0.29) is 5.91 Å².